The van der Waals surface area contributed by atoms with E-state index in [2.05, 4.69) is 9.97 Å². The van der Waals surface area contributed by atoms with Crippen molar-refractivity contribution < 1.29 is 4.42 Å². The van der Waals surface area contributed by atoms with Crippen molar-refractivity contribution in [3.05, 3.63) is 46.8 Å². The summed E-state index contributed by atoms with van der Waals surface area (Å²) in [6.07, 6.45) is 0. The monoisotopic (exact) mass is 227 g/mol. The number of aromatic amines is 1. The third-order valence-electron chi connectivity index (χ3n) is 2.44. The molecule has 0 bridgehead atoms. The van der Waals surface area contributed by atoms with Gasteiger partial charge in [0.25, 0.3) is 5.56 Å². The Morgan fingerprint density at radius 2 is 2.06 bits per heavy atom. The number of rotatable bonds is 1. The highest BCUT2D eigenvalue weighted by Gasteiger charge is 2.08. The van der Waals surface area contributed by atoms with Crippen LogP contribution < -0.4 is 11.3 Å². The van der Waals surface area contributed by atoms with Gasteiger partial charge in [0.15, 0.2) is 5.76 Å². The van der Waals surface area contributed by atoms with Crippen LogP contribution >= 0.6 is 0 Å². The number of hydrogen-bond donors (Lipinski definition) is 2. The van der Waals surface area contributed by atoms with Gasteiger partial charge in [-0.15, -0.1) is 0 Å². The Labute approximate surface area is 95.9 Å². The Morgan fingerprint density at radius 1 is 1.24 bits per heavy atom. The summed E-state index contributed by atoms with van der Waals surface area (Å²) < 4.78 is 5.59. The topological polar surface area (TPSA) is 84.9 Å². The van der Waals surface area contributed by atoms with Crippen LogP contribution in [-0.2, 0) is 0 Å². The highest BCUT2D eigenvalue weighted by atomic mass is 16.3. The first-order valence-corrected chi connectivity index (χ1v) is 5.08. The van der Waals surface area contributed by atoms with Crippen LogP contribution in [0.2, 0.25) is 0 Å². The zero-order valence-corrected chi connectivity index (χ0v) is 8.81. The maximum atomic E-state index is 11.3. The quantitative estimate of drug-likeness (QED) is 0.663. The van der Waals surface area contributed by atoms with Crippen molar-refractivity contribution in [1.82, 2.24) is 9.97 Å². The number of aromatic nitrogens is 2. The van der Waals surface area contributed by atoms with Gasteiger partial charge in [0.1, 0.15) is 11.3 Å². The molecular weight excluding hydrogens is 218 g/mol. The van der Waals surface area contributed by atoms with E-state index in [1.54, 1.807) is 0 Å². The molecule has 0 aliphatic heterocycles. The normalized spacial score (nSPS) is 10.8. The Balaban J connectivity index is 2.23. The maximum Gasteiger partial charge on any atom is 0.252 e. The van der Waals surface area contributed by atoms with E-state index >= 15 is 0 Å². The molecule has 2 heterocycles. The molecule has 0 amide bonds. The number of benzene rings is 1. The average molecular weight is 227 g/mol. The summed E-state index contributed by atoms with van der Waals surface area (Å²) in [5.74, 6) is 0.608. The molecule has 5 heteroatoms. The predicted octanol–water partition coefficient (Wildman–Crippen LogP) is 1.77. The van der Waals surface area contributed by atoms with Crippen LogP contribution in [0.1, 0.15) is 0 Å². The van der Waals surface area contributed by atoms with Gasteiger partial charge in [0.05, 0.1) is 0 Å². The number of fused-ring (bicyclic) bond motifs is 1. The average Bonchev–Trinajstić information content (AvgIpc) is 2.71. The van der Waals surface area contributed by atoms with E-state index in [0.29, 0.717) is 11.5 Å². The Morgan fingerprint density at radius 3 is 2.82 bits per heavy atom. The second-order valence-corrected chi connectivity index (χ2v) is 3.66. The zero-order chi connectivity index (χ0) is 11.8. The number of hydrogen-bond acceptors (Lipinski definition) is 4. The Bertz CT molecular complexity index is 710. The van der Waals surface area contributed by atoms with Crippen molar-refractivity contribution in [1.29, 1.82) is 0 Å². The molecule has 0 saturated heterocycles. The first kappa shape index (κ1) is 9.65. The van der Waals surface area contributed by atoms with Gasteiger partial charge in [-0.05, 0) is 12.1 Å². The molecule has 3 N–H and O–H groups in total. The number of nitrogen functional groups attached to an aromatic ring is 1. The van der Waals surface area contributed by atoms with Gasteiger partial charge < -0.3 is 10.2 Å². The van der Waals surface area contributed by atoms with Gasteiger partial charge in [-0.1, -0.05) is 18.2 Å². The van der Waals surface area contributed by atoms with Crippen LogP contribution in [0.25, 0.3) is 22.4 Å². The summed E-state index contributed by atoms with van der Waals surface area (Å²) >= 11 is 0. The zero-order valence-electron chi connectivity index (χ0n) is 8.81. The molecule has 2 aromatic heterocycles. The number of nitrogens with one attached hydrogen (secondary N) is 1. The molecule has 0 atom stereocenters. The fraction of sp³-hybridized carbons (Fsp3) is 0. The molecule has 0 fully saturated rings. The minimum atomic E-state index is -0.298. The summed E-state index contributed by atoms with van der Waals surface area (Å²) in [6, 6.07) is 10.8. The van der Waals surface area contributed by atoms with E-state index in [1.807, 2.05) is 30.3 Å². The molecule has 0 unspecified atom stereocenters. The highest BCUT2D eigenvalue weighted by molar-refractivity contribution is 5.82. The van der Waals surface area contributed by atoms with Crippen molar-refractivity contribution in [2.75, 3.05) is 5.73 Å². The summed E-state index contributed by atoms with van der Waals surface area (Å²) in [6.45, 7) is 0. The molecule has 0 spiro atoms. The summed E-state index contributed by atoms with van der Waals surface area (Å²) in [4.78, 5) is 17.7. The molecule has 17 heavy (non-hydrogen) atoms. The van der Waals surface area contributed by atoms with Crippen LogP contribution in [-0.4, -0.2) is 9.97 Å². The second kappa shape index (κ2) is 3.48. The van der Waals surface area contributed by atoms with Crippen LogP contribution in [0.3, 0.4) is 0 Å². The Hall–Kier alpha value is -2.56. The molecule has 1 aromatic carbocycles. The van der Waals surface area contributed by atoms with E-state index in [0.717, 1.165) is 11.0 Å². The molecule has 0 radical (unpaired) electrons. The molecule has 0 aliphatic carbocycles. The maximum absolute atomic E-state index is 11.3. The predicted molar refractivity (Wildman–Crippen MR) is 64.5 cm³/mol. The first-order chi connectivity index (χ1) is 8.22. The lowest BCUT2D eigenvalue weighted by atomic mass is 10.2. The lowest BCUT2D eigenvalue weighted by Gasteiger charge is -1.96. The van der Waals surface area contributed by atoms with Crippen LogP contribution in [0.15, 0.2) is 45.6 Å². The first-order valence-electron chi connectivity index (χ1n) is 5.08. The van der Waals surface area contributed by atoms with Crippen molar-refractivity contribution in [2.45, 2.75) is 0 Å². The Kier molecular flexibility index (Phi) is 1.98. The smallest absolute Gasteiger partial charge is 0.252 e. The van der Waals surface area contributed by atoms with Crippen LogP contribution in [0.5, 0.6) is 0 Å². The highest BCUT2D eigenvalue weighted by Crippen LogP contribution is 2.25. The summed E-state index contributed by atoms with van der Waals surface area (Å²) in [7, 11) is 0. The van der Waals surface area contributed by atoms with E-state index in [9.17, 15) is 4.79 Å². The second-order valence-electron chi connectivity index (χ2n) is 3.66. The van der Waals surface area contributed by atoms with Crippen LogP contribution in [0, 0.1) is 0 Å². The van der Waals surface area contributed by atoms with Crippen LogP contribution in [0.4, 0.5) is 5.95 Å². The van der Waals surface area contributed by atoms with E-state index in [1.165, 1.54) is 6.07 Å². The summed E-state index contributed by atoms with van der Waals surface area (Å²) in [5, 5.41) is 0.961. The number of nitrogens with two attached hydrogens (primary N) is 1. The van der Waals surface area contributed by atoms with Crippen molar-refractivity contribution in [3.63, 3.8) is 0 Å². The molecule has 5 nitrogen and oxygen atoms in total. The number of H-pyrrole nitrogens is 1. The van der Waals surface area contributed by atoms with Gasteiger partial charge in [0.2, 0.25) is 5.95 Å². The number of anilines is 1. The fourth-order valence-corrected chi connectivity index (χ4v) is 1.71. The molecule has 0 saturated carbocycles. The lowest BCUT2D eigenvalue weighted by Crippen LogP contribution is -2.09. The SMILES string of the molecule is Nc1nc(-c2cc3ccccc3o2)cc(=O)[nH]1. The van der Waals surface area contributed by atoms with E-state index < -0.39 is 0 Å². The van der Waals surface area contributed by atoms with Crippen molar-refractivity contribution in [3.8, 4) is 11.5 Å². The van der Waals surface area contributed by atoms with E-state index in [4.69, 9.17) is 10.2 Å². The molecule has 84 valence electrons. The summed E-state index contributed by atoms with van der Waals surface area (Å²) in [5.41, 5.74) is 6.37. The molecule has 0 aliphatic rings. The standard InChI is InChI=1S/C12H9N3O2/c13-12-14-8(6-11(16)15-12)10-5-7-3-1-2-4-9(7)17-10/h1-6H,(H3,13,14,15,16). The minimum absolute atomic E-state index is 0.0768. The molecule has 3 rings (SSSR count). The fourth-order valence-electron chi connectivity index (χ4n) is 1.71. The van der Waals surface area contributed by atoms with Gasteiger partial charge in [-0.3, -0.25) is 9.78 Å². The van der Waals surface area contributed by atoms with E-state index in [-0.39, 0.29) is 11.5 Å². The van der Waals surface area contributed by atoms with Gasteiger partial charge >= 0.3 is 0 Å². The third-order valence-corrected chi connectivity index (χ3v) is 2.44. The van der Waals surface area contributed by atoms with Gasteiger partial charge in [-0.2, -0.15) is 0 Å². The largest absolute Gasteiger partial charge is 0.454 e. The number of furan rings is 1. The minimum Gasteiger partial charge on any atom is -0.454 e. The van der Waals surface area contributed by atoms with Crippen molar-refractivity contribution in [2.24, 2.45) is 0 Å². The van der Waals surface area contributed by atoms with Gasteiger partial charge in [-0.25, -0.2) is 4.98 Å². The third kappa shape index (κ3) is 1.67. The lowest BCUT2D eigenvalue weighted by molar-refractivity contribution is 0.628. The molecule has 3 aromatic rings. The van der Waals surface area contributed by atoms with Gasteiger partial charge in [0, 0.05) is 11.5 Å². The number of nitrogens with zero attached hydrogens (tertiary/aromatic N) is 1. The number of para-hydroxylation sites is 1. The van der Waals surface area contributed by atoms with Crippen molar-refractivity contribution >= 4 is 16.9 Å². The molecular formula is C12H9N3O2.